The van der Waals surface area contributed by atoms with Crippen LogP contribution in [0.25, 0.3) is 0 Å². The Kier molecular flexibility index (Phi) is 8.10. The first kappa shape index (κ1) is 23.4. The highest BCUT2D eigenvalue weighted by Gasteiger charge is 2.24. The molecule has 2 aromatic carbocycles. The summed E-state index contributed by atoms with van der Waals surface area (Å²) in [6.07, 6.45) is 1.84. The van der Waals surface area contributed by atoms with Crippen molar-refractivity contribution in [3.63, 3.8) is 0 Å². The lowest BCUT2D eigenvalue weighted by atomic mass is 9.95. The third-order valence-corrected chi connectivity index (χ3v) is 6.95. The predicted molar refractivity (Wildman–Crippen MR) is 136 cm³/mol. The number of thiazole rings is 1. The number of amides is 1. The van der Waals surface area contributed by atoms with Crippen LogP contribution in [0.4, 0.5) is 5.69 Å². The van der Waals surface area contributed by atoms with E-state index >= 15 is 0 Å². The summed E-state index contributed by atoms with van der Waals surface area (Å²) < 4.78 is 0. The molecule has 1 saturated heterocycles. The van der Waals surface area contributed by atoms with Gasteiger partial charge >= 0.3 is 0 Å². The van der Waals surface area contributed by atoms with Gasteiger partial charge in [0.2, 0.25) is 0 Å². The number of anilines is 1. The van der Waals surface area contributed by atoms with Crippen molar-refractivity contribution in [3.05, 3.63) is 81.8 Å². The number of benzene rings is 2. The van der Waals surface area contributed by atoms with Crippen LogP contribution in [-0.4, -0.2) is 60.0 Å². The van der Waals surface area contributed by atoms with Crippen LogP contribution in [0.5, 0.6) is 0 Å². The topological polar surface area (TPSA) is 60.5 Å². The van der Waals surface area contributed by atoms with Crippen LogP contribution >= 0.6 is 11.3 Å². The Labute approximate surface area is 200 Å². The molecule has 33 heavy (non-hydrogen) atoms. The van der Waals surface area contributed by atoms with E-state index in [-0.39, 0.29) is 11.9 Å². The maximum atomic E-state index is 12.8. The molecule has 1 aliphatic rings. The Balaban J connectivity index is 1.59. The molecule has 3 aromatic rings. The molecule has 1 amide bonds. The highest BCUT2D eigenvalue weighted by molar-refractivity contribution is 7.09. The average molecular weight is 464 g/mol. The van der Waals surface area contributed by atoms with Crippen molar-refractivity contribution in [1.29, 1.82) is 0 Å². The molecule has 0 aliphatic carbocycles. The summed E-state index contributed by atoms with van der Waals surface area (Å²) in [5, 5.41) is 10.1. The highest BCUT2D eigenvalue weighted by atomic mass is 32.1. The molecular weight excluding hydrogens is 430 g/mol. The van der Waals surface area contributed by atoms with Crippen LogP contribution in [0.1, 0.15) is 46.4 Å². The first-order valence-electron chi connectivity index (χ1n) is 11.8. The summed E-state index contributed by atoms with van der Waals surface area (Å²) in [4.78, 5) is 21.5. The Morgan fingerprint density at radius 2 is 1.88 bits per heavy atom. The first-order valence-corrected chi connectivity index (χ1v) is 12.6. The zero-order valence-corrected chi connectivity index (χ0v) is 20.3. The van der Waals surface area contributed by atoms with Crippen molar-refractivity contribution in [3.8, 4) is 0 Å². The Hall–Kier alpha value is -2.74. The van der Waals surface area contributed by atoms with Crippen LogP contribution in [0.3, 0.4) is 0 Å². The Bertz CT molecular complexity index is 1010. The molecule has 0 saturated carbocycles. The van der Waals surface area contributed by atoms with E-state index < -0.39 is 0 Å². The van der Waals surface area contributed by atoms with Gasteiger partial charge in [-0.2, -0.15) is 0 Å². The molecule has 1 fully saturated rings. The zero-order valence-electron chi connectivity index (χ0n) is 19.5. The van der Waals surface area contributed by atoms with E-state index in [0.717, 1.165) is 62.1 Å². The number of hydrogen-bond donors (Lipinski definition) is 2. The molecule has 1 atom stereocenters. The van der Waals surface area contributed by atoms with Gasteiger partial charge in [-0.1, -0.05) is 24.3 Å². The van der Waals surface area contributed by atoms with E-state index in [2.05, 4.69) is 56.9 Å². The molecule has 0 bridgehead atoms. The molecule has 7 heteroatoms. The lowest BCUT2D eigenvalue weighted by molar-refractivity contribution is 0.0773. The van der Waals surface area contributed by atoms with Gasteiger partial charge in [0, 0.05) is 62.1 Å². The molecule has 1 unspecified atom stereocenters. The summed E-state index contributed by atoms with van der Waals surface area (Å²) in [6.45, 7) is 10.2. The minimum Gasteiger partial charge on any atom is -0.379 e. The number of carbonyl (C=O) groups excluding carboxylic acids is 1. The second kappa shape index (κ2) is 11.4. The maximum absolute atomic E-state index is 12.8. The number of piperazine rings is 1. The largest absolute Gasteiger partial charge is 0.379 e. The van der Waals surface area contributed by atoms with Crippen LogP contribution < -0.4 is 10.6 Å². The summed E-state index contributed by atoms with van der Waals surface area (Å²) >= 11 is 1.66. The van der Waals surface area contributed by atoms with Crippen molar-refractivity contribution < 1.29 is 4.79 Å². The van der Waals surface area contributed by atoms with E-state index in [1.807, 2.05) is 42.5 Å². The van der Waals surface area contributed by atoms with Gasteiger partial charge in [0.15, 0.2) is 0 Å². The number of rotatable bonds is 9. The van der Waals surface area contributed by atoms with E-state index in [1.165, 1.54) is 11.1 Å². The molecule has 2 heterocycles. The van der Waals surface area contributed by atoms with Crippen molar-refractivity contribution in [1.82, 2.24) is 20.1 Å². The molecule has 174 valence electrons. The van der Waals surface area contributed by atoms with Crippen molar-refractivity contribution >= 4 is 22.9 Å². The lowest BCUT2D eigenvalue weighted by Gasteiger charge is -2.36. The number of nitrogens with zero attached hydrogens (tertiary/aromatic N) is 3. The molecule has 6 nitrogen and oxygen atoms in total. The normalized spacial score (nSPS) is 15.2. The van der Waals surface area contributed by atoms with Crippen LogP contribution in [-0.2, 0) is 6.54 Å². The van der Waals surface area contributed by atoms with Gasteiger partial charge in [0.1, 0.15) is 5.01 Å². The number of hydrogen-bond acceptors (Lipinski definition) is 6. The second-order valence-corrected chi connectivity index (χ2v) is 9.17. The fraction of sp³-hybridized carbons (Fsp3) is 0.385. The molecule has 2 N–H and O–H groups in total. The average Bonchev–Trinajstić information content (AvgIpc) is 3.39. The summed E-state index contributed by atoms with van der Waals surface area (Å²) in [7, 11) is 0. The third kappa shape index (κ3) is 5.79. The van der Waals surface area contributed by atoms with E-state index in [4.69, 9.17) is 0 Å². The standard InChI is InChI=1S/C26H33N5OS/c1-3-30(4-2)26(32)21-10-8-20(9-11-21)25(31-15-12-27-13-16-31)22-6-5-7-23(18-22)29-19-24-28-14-17-33-24/h5-11,14,17-18,25,27,29H,3-4,12-13,15-16,19H2,1-2H3. The fourth-order valence-corrected chi connectivity index (χ4v) is 4.95. The van der Waals surface area contributed by atoms with Crippen LogP contribution in [0.2, 0.25) is 0 Å². The SMILES string of the molecule is CCN(CC)C(=O)c1ccc(C(c2cccc(NCc3nccs3)c2)N2CCNCC2)cc1. The van der Waals surface area contributed by atoms with Gasteiger partial charge in [-0.15, -0.1) is 11.3 Å². The van der Waals surface area contributed by atoms with Gasteiger partial charge in [-0.25, -0.2) is 4.98 Å². The van der Waals surface area contributed by atoms with Crippen LogP contribution in [0, 0.1) is 0 Å². The predicted octanol–water partition coefficient (Wildman–Crippen LogP) is 4.23. The Morgan fingerprint density at radius 1 is 1.12 bits per heavy atom. The van der Waals surface area contributed by atoms with Crippen molar-refractivity contribution in [2.24, 2.45) is 0 Å². The molecular formula is C26H33N5OS. The van der Waals surface area contributed by atoms with Gasteiger partial charge in [-0.3, -0.25) is 9.69 Å². The second-order valence-electron chi connectivity index (χ2n) is 8.19. The lowest BCUT2D eigenvalue weighted by Crippen LogP contribution is -2.45. The fourth-order valence-electron chi connectivity index (χ4n) is 4.39. The summed E-state index contributed by atoms with van der Waals surface area (Å²) in [6, 6.07) is 17.0. The van der Waals surface area contributed by atoms with Gasteiger partial charge in [-0.05, 0) is 49.2 Å². The van der Waals surface area contributed by atoms with Crippen molar-refractivity contribution in [2.45, 2.75) is 26.4 Å². The summed E-state index contributed by atoms with van der Waals surface area (Å²) in [5.41, 5.74) is 4.31. The maximum Gasteiger partial charge on any atom is 0.253 e. The van der Waals surface area contributed by atoms with Gasteiger partial charge in [0.05, 0.1) is 12.6 Å². The molecule has 0 spiro atoms. The minimum absolute atomic E-state index is 0.0960. The van der Waals surface area contributed by atoms with Gasteiger partial charge in [0.25, 0.3) is 5.91 Å². The minimum atomic E-state index is 0.0960. The number of carbonyl (C=O) groups is 1. The first-order chi connectivity index (χ1) is 16.2. The monoisotopic (exact) mass is 463 g/mol. The quantitative estimate of drug-likeness (QED) is 0.497. The van der Waals surface area contributed by atoms with E-state index in [0.29, 0.717) is 0 Å². The number of aromatic nitrogens is 1. The van der Waals surface area contributed by atoms with Crippen molar-refractivity contribution in [2.75, 3.05) is 44.6 Å². The van der Waals surface area contributed by atoms with Crippen LogP contribution in [0.15, 0.2) is 60.1 Å². The van der Waals surface area contributed by atoms with E-state index in [1.54, 1.807) is 11.3 Å². The molecule has 1 aromatic heterocycles. The van der Waals surface area contributed by atoms with E-state index in [9.17, 15) is 4.79 Å². The summed E-state index contributed by atoms with van der Waals surface area (Å²) in [5.74, 6) is 0.0960. The highest BCUT2D eigenvalue weighted by Crippen LogP contribution is 2.31. The van der Waals surface area contributed by atoms with Gasteiger partial charge < -0.3 is 15.5 Å². The number of nitrogens with one attached hydrogen (secondary N) is 2. The zero-order chi connectivity index (χ0) is 23.0. The molecule has 4 rings (SSSR count). The Morgan fingerprint density at radius 3 is 2.55 bits per heavy atom. The third-order valence-electron chi connectivity index (χ3n) is 6.17. The molecule has 0 radical (unpaired) electrons. The smallest absolute Gasteiger partial charge is 0.253 e. The molecule has 1 aliphatic heterocycles.